The Hall–Kier alpha value is -2.89. The fraction of sp³-hybridized carbons (Fsp3) is 0.480. The van der Waals surface area contributed by atoms with Crippen molar-refractivity contribution in [3.05, 3.63) is 57.9 Å². The predicted molar refractivity (Wildman–Crippen MR) is 117 cm³/mol. The molecule has 1 aromatic rings. The molecule has 6 heteroatoms. The van der Waals surface area contributed by atoms with E-state index < -0.39 is 23.8 Å². The van der Waals surface area contributed by atoms with Gasteiger partial charge in [-0.25, -0.2) is 4.79 Å². The maximum atomic E-state index is 13.6. The number of esters is 2. The summed E-state index contributed by atoms with van der Waals surface area (Å²) < 4.78 is 10.6. The topological polar surface area (TPSA) is 81.7 Å². The second kappa shape index (κ2) is 9.08. The molecule has 1 aliphatic heterocycles. The van der Waals surface area contributed by atoms with Gasteiger partial charge in [-0.05, 0) is 50.7 Å². The van der Waals surface area contributed by atoms with Crippen LogP contribution in [0.5, 0.6) is 0 Å². The van der Waals surface area contributed by atoms with Crippen LogP contribution in [0.15, 0.2) is 46.8 Å². The standard InChI is InChI=1S/C25H31NO5/c1-7-15(4)31-25(29)20-16(5)26-18-12-14(3)19(24(28)30-6)23(27)22(18)21(20)17-11-9-8-10-13(17)2/h8-11,14-15,19,21,26H,7,12H2,1-6H3/t14-,15+,19+,21+/m0/s1. The van der Waals surface area contributed by atoms with E-state index in [1.807, 2.05) is 58.9 Å². The molecule has 0 bridgehead atoms. The highest BCUT2D eigenvalue weighted by Gasteiger charge is 2.47. The molecule has 0 amide bonds. The molecule has 0 unspecified atom stereocenters. The summed E-state index contributed by atoms with van der Waals surface area (Å²) in [5.74, 6) is -2.96. The van der Waals surface area contributed by atoms with Gasteiger partial charge in [0, 0.05) is 22.9 Å². The fourth-order valence-corrected chi connectivity index (χ4v) is 4.50. The first kappa shape index (κ1) is 22.8. The van der Waals surface area contributed by atoms with Gasteiger partial charge in [0.15, 0.2) is 5.78 Å². The minimum atomic E-state index is -0.887. The number of methoxy groups -OCH3 is 1. The van der Waals surface area contributed by atoms with E-state index in [1.54, 1.807) is 0 Å². The monoisotopic (exact) mass is 425 g/mol. The van der Waals surface area contributed by atoms with Crippen molar-refractivity contribution < 1.29 is 23.9 Å². The SMILES string of the molecule is CC[C@@H](C)OC(=O)C1=C(C)NC2=C(C(=O)[C@H](C(=O)OC)[C@@H](C)C2)[C@@H]1c1ccccc1C. The van der Waals surface area contributed by atoms with E-state index in [4.69, 9.17) is 9.47 Å². The molecule has 0 radical (unpaired) electrons. The summed E-state index contributed by atoms with van der Waals surface area (Å²) in [6, 6.07) is 7.70. The van der Waals surface area contributed by atoms with Crippen LogP contribution in [0.1, 0.15) is 57.6 Å². The molecule has 0 saturated carbocycles. The molecule has 31 heavy (non-hydrogen) atoms. The Labute approximate surface area is 183 Å². The zero-order chi connectivity index (χ0) is 22.9. The first-order chi connectivity index (χ1) is 14.7. The second-order valence-electron chi connectivity index (χ2n) is 8.52. The van der Waals surface area contributed by atoms with Crippen LogP contribution in [-0.4, -0.2) is 30.9 Å². The number of allylic oxidation sites excluding steroid dienone is 3. The fourth-order valence-electron chi connectivity index (χ4n) is 4.50. The van der Waals surface area contributed by atoms with Crippen LogP contribution >= 0.6 is 0 Å². The number of ketones is 1. The van der Waals surface area contributed by atoms with E-state index in [2.05, 4.69) is 5.32 Å². The molecule has 166 valence electrons. The second-order valence-corrected chi connectivity index (χ2v) is 8.52. The summed E-state index contributed by atoms with van der Waals surface area (Å²) in [6.45, 7) is 9.46. The van der Waals surface area contributed by atoms with E-state index >= 15 is 0 Å². The molecule has 2 aliphatic rings. The molecule has 0 fully saturated rings. The first-order valence-corrected chi connectivity index (χ1v) is 10.8. The average Bonchev–Trinajstić information content (AvgIpc) is 2.72. The quantitative estimate of drug-likeness (QED) is 0.568. The van der Waals surface area contributed by atoms with Crippen LogP contribution in [0.4, 0.5) is 0 Å². The van der Waals surface area contributed by atoms with Gasteiger partial charge >= 0.3 is 11.9 Å². The Bertz CT molecular complexity index is 974. The minimum Gasteiger partial charge on any atom is -0.468 e. The smallest absolute Gasteiger partial charge is 0.337 e. The molecule has 1 aliphatic carbocycles. The van der Waals surface area contributed by atoms with Crippen molar-refractivity contribution in [2.75, 3.05) is 7.11 Å². The highest BCUT2D eigenvalue weighted by molar-refractivity contribution is 6.12. The van der Waals surface area contributed by atoms with Gasteiger partial charge < -0.3 is 14.8 Å². The molecule has 1 N–H and O–H groups in total. The molecule has 1 aromatic carbocycles. The normalized spacial score (nSPS) is 24.3. The zero-order valence-electron chi connectivity index (χ0n) is 19.1. The van der Waals surface area contributed by atoms with Crippen molar-refractivity contribution in [3.8, 4) is 0 Å². The van der Waals surface area contributed by atoms with Gasteiger partial charge in [-0.3, -0.25) is 9.59 Å². The number of carbonyl (C=O) groups is 3. The Kier molecular flexibility index (Phi) is 6.68. The number of hydrogen-bond donors (Lipinski definition) is 1. The summed E-state index contributed by atoms with van der Waals surface area (Å²) in [5, 5.41) is 3.28. The Balaban J connectivity index is 2.18. The molecule has 6 nitrogen and oxygen atoms in total. The van der Waals surface area contributed by atoms with Crippen molar-refractivity contribution in [2.45, 2.75) is 59.5 Å². The van der Waals surface area contributed by atoms with E-state index in [-0.39, 0.29) is 17.8 Å². The van der Waals surface area contributed by atoms with Gasteiger partial charge in [-0.2, -0.15) is 0 Å². The molecule has 3 rings (SSSR count). The number of benzene rings is 1. The number of carbonyl (C=O) groups excluding carboxylic acids is 3. The van der Waals surface area contributed by atoms with Crippen LogP contribution in [0.3, 0.4) is 0 Å². The van der Waals surface area contributed by atoms with Gasteiger partial charge in [0.05, 0.1) is 18.8 Å². The number of rotatable bonds is 5. The Morgan fingerprint density at radius 1 is 1.23 bits per heavy atom. The van der Waals surface area contributed by atoms with Crippen LogP contribution in [0, 0.1) is 18.8 Å². The minimum absolute atomic E-state index is 0.204. The largest absolute Gasteiger partial charge is 0.468 e. The first-order valence-electron chi connectivity index (χ1n) is 10.8. The van der Waals surface area contributed by atoms with Crippen molar-refractivity contribution in [1.29, 1.82) is 0 Å². The van der Waals surface area contributed by atoms with E-state index in [1.165, 1.54) is 7.11 Å². The lowest BCUT2D eigenvalue weighted by atomic mass is 9.68. The number of Topliss-reactive ketones (excluding diaryl/α,β-unsaturated/α-hetero) is 1. The van der Waals surface area contributed by atoms with Crippen molar-refractivity contribution in [2.24, 2.45) is 11.8 Å². The van der Waals surface area contributed by atoms with E-state index in [9.17, 15) is 14.4 Å². The van der Waals surface area contributed by atoms with Gasteiger partial charge in [0.1, 0.15) is 5.92 Å². The number of hydrogen-bond acceptors (Lipinski definition) is 6. The summed E-state index contributed by atoms with van der Waals surface area (Å²) in [6.07, 6.45) is 0.967. The number of nitrogens with one attached hydrogen (secondary N) is 1. The van der Waals surface area contributed by atoms with Crippen LogP contribution in [0.25, 0.3) is 0 Å². The number of aryl methyl sites for hydroxylation is 1. The van der Waals surface area contributed by atoms with Crippen LogP contribution in [0.2, 0.25) is 0 Å². The number of ether oxygens (including phenoxy) is 2. The lowest BCUT2D eigenvalue weighted by molar-refractivity contribution is -0.151. The predicted octanol–water partition coefficient (Wildman–Crippen LogP) is 3.95. The Morgan fingerprint density at radius 2 is 1.90 bits per heavy atom. The molecular weight excluding hydrogens is 394 g/mol. The molecule has 1 heterocycles. The maximum Gasteiger partial charge on any atom is 0.337 e. The molecule has 4 atom stereocenters. The number of dihydropyridines is 1. The van der Waals surface area contributed by atoms with Crippen molar-refractivity contribution in [3.63, 3.8) is 0 Å². The van der Waals surface area contributed by atoms with Crippen LogP contribution < -0.4 is 5.32 Å². The summed E-state index contributed by atoms with van der Waals surface area (Å²) in [7, 11) is 1.29. The zero-order valence-corrected chi connectivity index (χ0v) is 19.1. The third-order valence-corrected chi connectivity index (χ3v) is 6.35. The van der Waals surface area contributed by atoms with Gasteiger partial charge in [-0.15, -0.1) is 0 Å². The van der Waals surface area contributed by atoms with Crippen LogP contribution in [-0.2, 0) is 23.9 Å². The highest BCUT2D eigenvalue weighted by atomic mass is 16.5. The third kappa shape index (κ3) is 4.16. The summed E-state index contributed by atoms with van der Waals surface area (Å²) >= 11 is 0. The van der Waals surface area contributed by atoms with Crippen molar-refractivity contribution >= 4 is 17.7 Å². The summed E-state index contributed by atoms with van der Waals surface area (Å²) in [4.78, 5) is 39.3. The van der Waals surface area contributed by atoms with Crippen molar-refractivity contribution in [1.82, 2.24) is 5.32 Å². The van der Waals surface area contributed by atoms with E-state index in [0.717, 1.165) is 16.8 Å². The van der Waals surface area contributed by atoms with Gasteiger partial charge in [0.25, 0.3) is 0 Å². The third-order valence-electron chi connectivity index (χ3n) is 6.35. The molecular formula is C25H31NO5. The Morgan fingerprint density at radius 3 is 2.52 bits per heavy atom. The average molecular weight is 426 g/mol. The van der Waals surface area contributed by atoms with E-state index in [0.29, 0.717) is 29.7 Å². The lowest BCUT2D eigenvalue weighted by Crippen LogP contribution is -2.43. The molecule has 0 spiro atoms. The highest BCUT2D eigenvalue weighted by Crippen LogP contribution is 2.46. The summed E-state index contributed by atoms with van der Waals surface area (Å²) in [5.41, 5.74) is 4.15. The van der Waals surface area contributed by atoms with Gasteiger partial charge in [-0.1, -0.05) is 38.1 Å². The van der Waals surface area contributed by atoms with Gasteiger partial charge in [0.2, 0.25) is 0 Å². The molecule has 0 saturated heterocycles. The lowest BCUT2D eigenvalue weighted by Gasteiger charge is -2.38. The maximum absolute atomic E-state index is 13.6. The molecule has 0 aromatic heterocycles.